The van der Waals surface area contributed by atoms with E-state index in [-0.39, 0.29) is 12.3 Å². The average Bonchev–Trinajstić information content (AvgIpc) is 2.77. The van der Waals surface area contributed by atoms with Crippen LogP contribution in [0.25, 0.3) is 0 Å². The summed E-state index contributed by atoms with van der Waals surface area (Å²) in [6, 6.07) is 6.49. The minimum atomic E-state index is -0.413. The molecule has 18 heavy (non-hydrogen) atoms. The van der Waals surface area contributed by atoms with Gasteiger partial charge in [-0.25, -0.2) is 4.98 Å². The molecule has 2 rings (SSSR count). The molecule has 6 heteroatoms. The molecule has 1 aromatic carbocycles. The summed E-state index contributed by atoms with van der Waals surface area (Å²) in [5.41, 5.74) is 0.905. The SMILES string of the molecule is O=[N+]([O-])c1cccc(Cc2nccn2CCO)c1. The number of nitro groups is 1. The number of rotatable bonds is 5. The second-order valence-electron chi connectivity index (χ2n) is 3.86. The van der Waals surface area contributed by atoms with E-state index in [4.69, 9.17) is 5.11 Å². The molecule has 0 bridgehead atoms. The van der Waals surface area contributed by atoms with E-state index in [1.54, 1.807) is 18.5 Å². The zero-order valence-electron chi connectivity index (χ0n) is 9.69. The minimum Gasteiger partial charge on any atom is -0.395 e. The molecule has 0 aliphatic heterocycles. The minimum absolute atomic E-state index is 0.0400. The number of non-ortho nitro benzene ring substituents is 1. The van der Waals surface area contributed by atoms with E-state index in [2.05, 4.69) is 4.98 Å². The Bertz CT molecular complexity index is 551. The van der Waals surface area contributed by atoms with Crippen molar-refractivity contribution in [3.8, 4) is 0 Å². The van der Waals surface area contributed by atoms with Crippen molar-refractivity contribution in [3.05, 3.63) is 58.2 Å². The van der Waals surface area contributed by atoms with Crippen molar-refractivity contribution in [3.63, 3.8) is 0 Å². The van der Waals surface area contributed by atoms with Gasteiger partial charge in [0, 0.05) is 37.5 Å². The predicted octanol–water partition coefficient (Wildman–Crippen LogP) is 1.37. The van der Waals surface area contributed by atoms with Gasteiger partial charge < -0.3 is 9.67 Å². The summed E-state index contributed by atoms with van der Waals surface area (Å²) < 4.78 is 1.83. The smallest absolute Gasteiger partial charge is 0.269 e. The molecule has 0 atom stereocenters. The lowest BCUT2D eigenvalue weighted by Crippen LogP contribution is -2.06. The summed E-state index contributed by atoms with van der Waals surface area (Å²) >= 11 is 0. The van der Waals surface area contributed by atoms with E-state index in [0.717, 1.165) is 11.4 Å². The van der Waals surface area contributed by atoms with Crippen LogP contribution in [0.4, 0.5) is 5.69 Å². The van der Waals surface area contributed by atoms with Gasteiger partial charge in [-0.05, 0) is 5.56 Å². The third-order valence-corrected chi connectivity index (χ3v) is 2.63. The number of aliphatic hydroxyl groups is 1. The van der Waals surface area contributed by atoms with Gasteiger partial charge in [0.15, 0.2) is 0 Å². The Balaban J connectivity index is 2.20. The van der Waals surface area contributed by atoms with Crippen molar-refractivity contribution >= 4 is 5.69 Å². The van der Waals surface area contributed by atoms with Crippen molar-refractivity contribution in [1.29, 1.82) is 0 Å². The highest BCUT2D eigenvalue weighted by Crippen LogP contribution is 2.15. The molecular weight excluding hydrogens is 234 g/mol. The molecule has 0 aliphatic rings. The molecular formula is C12H13N3O3. The van der Waals surface area contributed by atoms with E-state index in [0.29, 0.717) is 13.0 Å². The van der Waals surface area contributed by atoms with Crippen LogP contribution in [-0.4, -0.2) is 26.2 Å². The molecule has 6 nitrogen and oxygen atoms in total. The maximum absolute atomic E-state index is 10.7. The first-order valence-electron chi connectivity index (χ1n) is 5.55. The summed E-state index contributed by atoms with van der Waals surface area (Å²) in [7, 11) is 0. The normalized spacial score (nSPS) is 10.5. The number of hydrogen-bond donors (Lipinski definition) is 1. The largest absolute Gasteiger partial charge is 0.395 e. The first-order valence-corrected chi connectivity index (χ1v) is 5.55. The Morgan fingerprint density at radius 2 is 2.28 bits per heavy atom. The lowest BCUT2D eigenvalue weighted by molar-refractivity contribution is -0.384. The Morgan fingerprint density at radius 3 is 3.00 bits per heavy atom. The van der Waals surface area contributed by atoms with Gasteiger partial charge in [0.2, 0.25) is 0 Å². The molecule has 0 aliphatic carbocycles. The van der Waals surface area contributed by atoms with Gasteiger partial charge in [-0.1, -0.05) is 12.1 Å². The number of nitro benzene ring substituents is 1. The van der Waals surface area contributed by atoms with Gasteiger partial charge in [0.05, 0.1) is 11.5 Å². The third-order valence-electron chi connectivity index (χ3n) is 2.63. The Kier molecular flexibility index (Phi) is 3.69. The lowest BCUT2D eigenvalue weighted by atomic mass is 10.1. The quantitative estimate of drug-likeness (QED) is 0.639. The average molecular weight is 247 g/mol. The second-order valence-corrected chi connectivity index (χ2v) is 3.86. The number of aromatic nitrogens is 2. The van der Waals surface area contributed by atoms with E-state index < -0.39 is 4.92 Å². The number of nitrogens with zero attached hydrogens (tertiary/aromatic N) is 3. The molecule has 0 saturated carbocycles. The van der Waals surface area contributed by atoms with Crippen molar-refractivity contribution in [2.45, 2.75) is 13.0 Å². The fourth-order valence-corrected chi connectivity index (χ4v) is 1.78. The zero-order chi connectivity index (χ0) is 13.0. The van der Waals surface area contributed by atoms with Crippen LogP contribution in [0.1, 0.15) is 11.4 Å². The molecule has 94 valence electrons. The summed E-state index contributed by atoms with van der Waals surface area (Å²) in [5.74, 6) is 0.782. The molecule has 2 aromatic rings. The Morgan fingerprint density at radius 1 is 1.44 bits per heavy atom. The van der Waals surface area contributed by atoms with Crippen LogP contribution in [0.2, 0.25) is 0 Å². The van der Waals surface area contributed by atoms with Crippen molar-refractivity contribution in [2.24, 2.45) is 0 Å². The highest BCUT2D eigenvalue weighted by molar-refractivity contribution is 5.35. The van der Waals surface area contributed by atoms with Crippen molar-refractivity contribution in [2.75, 3.05) is 6.61 Å². The van der Waals surface area contributed by atoms with Gasteiger partial charge in [-0.3, -0.25) is 10.1 Å². The fourth-order valence-electron chi connectivity index (χ4n) is 1.78. The molecule has 0 spiro atoms. The van der Waals surface area contributed by atoms with Gasteiger partial charge in [-0.2, -0.15) is 0 Å². The summed E-state index contributed by atoms with van der Waals surface area (Å²) in [6.45, 7) is 0.516. The Hall–Kier alpha value is -2.21. The maximum Gasteiger partial charge on any atom is 0.269 e. The summed E-state index contributed by atoms with van der Waals surface area (Å²) in [4.78, 5) is 14.5. The van der Waals surface area contributed by atoms with E-state index >= 15 is 0 Å². The lowest BCUT2D eigenvalue weighted by Gasteiger charge is -2.05. The summed E-state index contributed by atoms with van der Waals surface area (Å²) in [6.07, 6.45) is 3.94. The number of benzene rings is 1. The van der Waals surface area contributed by atoms with Crippen LogP contribution in [0.3, 0.4) is 0 Å². The van der Waals surface area contributed by atoms with Gasteiger partial charge in [0.1, 0.15) is 5.82 Å². The summed E-state index contributed by atoms with van der Waals surface area (Å²) in [5, 5.41) is 19.6. The standard InChI is InChI=1S/C12H13N3O3/c16-7-6-14-5-4-13-12(14)9-10-2-1-3-11(8-10)15(17)18/h1-5,8,16H,6-7,9H2. The van der Waals surface area contributed by atoms with E-state index in [1.165, 1.54) is 12.1 Å². The predicted molar refractivity (Wildman–Crippen MR) is 65.2 cm³/mol. The van der Waals surface area contributed by atoms with Crippen LogP contribution in [0, 0.1) is 10.1 Å². The van der Waals surface area contributed by atoms with Crippen LogP contribution in [0.15, 0.2) is 36.7 Å². The number of aliphatic hydroxyl groups excluding tert-OH is 1. The molecule has 0 fully saturated rings. The van der Waals surface area contributed by atoms with Gasteiger partial charge in [-0.15, -0.1) is 0 Å². The molecule has 0 radical (unpaired) electrons. The monoisotopic (exact) mass is 247 g/mol. The fraction of sp³-hybridized carbons (Fsp3) is 0.250. The Labute approximate surface area is 104 Å². The molecule has 0 unspecified atom stereocenters. The molecule has 0 amide bonds. The van der Waals surface area contributed by atoms with Crippen LogP contribution in [-0.2, 0) is 13.0 Å². The van der Waals surface area contributed by atoms with E-state index in [9.17, 15) is 10.1 Å². The number of hydrogen-bond acceptors (Lipinski definition) is 4. The molecule has 1 heterocycles. The number of imidazole rings is 1. The molecule has 1 N–H and O–H groups in total. The van der Waals surface area contributed by atoms with E-state index in [1.807, 2.05) is 10.6 Å². The second kappa shape index (κ2) is 5.42. The molecule has 1 aromatic heterocycles. The van der Waals surface area contributed by atoms with Crippen LogP contribution < -0.4 is 0 Å². The highest BCUT2D eigenvalue weighted by atomic mass is 16.6. The van der Waals surface area contributed by atoms with Gasteiger partial charge in [0.25, 0.3) is 5.69 Å². The highest BCUT2D eigenvalue weighted by Gasteiger charge is 2.08. The first kappa shape index (κ1) is 12.3. The van der Waals surface area contributed by atoms with Crippen LogP contribution >= 0.6 is 0 Å². The first-order chi connectivity index (χ1) is 8.70. The van der Waals surface area contributed by atoms with Crippen LogP contribution in [0.5, 0.6) is 0 Å². The van der Waals surface area contributed by atoms with Crippen molar-refractivity contribution < 1.29 is 10.0 Å². The van der Waals surface area contributed by atoms with Crippen molar-refractivity contribution in [1.82, 2.24) is 9.55 Å². The maximum atomic E-state index is 10.7. The zero-order valence-corrected chi connectivity index (χ0v) is 9.69. The third kappa shape index (κ3) is 2.72. The topological polar surface area (TPSA) is 81.2 Å². The molecule has 0 saturated heterocycles. The van der Waals surface area contributed by atoms with Gasteiger partial charge >= 0.3 is 0 Å².